The van der Waals surface area contributed by atoms with Crippen LogP contribution in [0.2, 0.25) is 0 Å². The van der Waals surface area contributed by atoms with Crippen LogP contribution in [-0.4, -0.2) is 48.7 Å². The molecule has 1 aromatic rings. The van der Waals surface area contributed by atoms with Crippen LogP contribution in [0.15, 0.2) is 30.3 Å². The van der Waals surface area contributed by atoms with Crippen molar-refractivity contribution in [1.29, 1.82) is 0 Å². The van der Waals surface area contributed by atoms with Gasteiger partial charge in [0, 0.05) is 6.92 Å². The van der Waals surface area contributed by atoms with Gasteiger partial charge < -0.3 is 14.2 Å². The molecule has 7 heteroatoms. The Hall–Kier alpha value is -2.57. The van der Waals surface area contributed by atoms with Gasteiger partial charge in [-0.2, -0.15) is 0 Å². The summed E-state index contributed by atoms with van der Waals surface area (Å²) in [5.74, 6) is -0.574. The summed E-state index contributed by atoms with van der Waals surface area (Å²) in [5.41, 5.74) is 0. The molecule has 0 bridgehead atoms. The lowest BCUT2D eigenvalue weighted by Gasteiger charge is -2.36. The summed E-state index contributed by atoms with van der Waals surface area (Å²) in [7, 11) is 1.27. The maximum atomic E-state index is 12.4. The summed E-state index contributed by atoms with van der Waals surface area (Å²) >= 11 is 0. The summed E-state index contributed by atoms with van der Waals surface area (Å²) in [6.45, 7) is 1.39. The number of carbonyl (C=O) groups excluding carboxylic acids is 3. The number of esters is 2. The molecule has 124 valence electrons. The molecule has 0 N–H and O–H groups in total. The fourth-order valence-electron chi connectivity index (χ4n) is 2.50. The summed E-state index contributed by atoms with van der Waals surface area (Å²) in [6.07, 6.45) is -0.316. The third-order valence-electron chi connectivity index (χ3n) is 3.53. The smallest absolute Gasteiger partial charge is 0.416 e. The lowest BCUT2D eigenvalue weighted by molar-refractivity contribution is -0.154. The molecule has 0 aromatic heterocycles. The zero-order valence-electron chi connectivity index (χ0n) is 13.1. The highest BCUT2D eigenvalue weighted by atomic mass is 16.6. The second-order valence-corrected chi connectivity index (χ2v) is 5.18. The van der Waals surface area contributed by atoms with Crippen molar-refractivity contribution in [2.75, 3.05) is 13.7 Å². The Kier molecular flexibility index (Phi) is 5.56. The standard InChI is InChI=1S/C16H19NO6/c1-11(18)22-13-8-9-14(15(19)21-2)17(10-13)16(20)23-12-6-4-3-5-7-12/h3-7,13-14H,8-10H2,1-2H3/t13-,14+/m1/s1. The van der Waals surface area contributed by atoms with E-state index in [1.54, 1.807) is 30.3 Å². The normalized spacial score (nSPS) is 20.5. The van der Waals surface area contributed by atoms with E-state index in [1.165, 1.54) is 18.9 Å². The highest BCUT2D eigenvalue weighted by molar-refractivity contribution is 5.82. The molecule has 1 fully saturated rings. The predicted molar refractivity (Wildman–Crippen MR) is 79.8 cm³/mol. The van der Waals surface area contributed by atoms with Gasteiger partial charge in [-0.25, -0.2) is 9.59 Å². The van der Waals surface area contributed by atoms with Crippen molar-refractivity contribution < 1.29 is 28.6 Å². The van der Waals surface area contributed by atoms with Crippen molar-refractivity contribution >= 4 is 18.0 Å². The molecule has 1 aliphatic heterocycles. The molecule has 0 aliphatic carbocycles. The zero-order chi connectivity index (χ0) is 16.8. The van der Waals surface area contributed by atoms with Crippen molar-refractivity contribution in [3.8, 4) is 5.75 Å². The van der Waals surface area contributed by atoms with E-state index in [9.17, 15) is 14.4 Å². The highest BCUT2D eigenvalue weighted by Crippen LogP contribution is 2.22. The molecule has 1 saturated heterocycles. The number of rotatable bonds is 3. The molecule has 0 unspecified atom stereocenters. The fourth-order valence-corrected chi connectivity index (χ4v) is 2.50. The van der Waals surface area contributed by atoms with Crippen molar-refractivity contribution in [2.24, 2.45) is 0 Å². The molecular formula is C16H19NO6. The predicted octanol–water partition coefficient (Wildman–Crippen LogP) is 1.75. The number of nitrogens with zero attached hydrogens (tertiary/aromatic N) is 1. The number of amides is 1. The van der Waals surface area contributed by atoms with Crippen LogP contribution in [0.4, 0.5) is 4.79 Å². The molecule has 2 atom stereocenters. The van der Waals surface area contributed by atoms with Gasteiger partial charge in [-0.3, -0.25) is 9.69 Å². The van der Waals surface area contributed by atoms with Crippen LogP contribution >= 0.6 is 0 Å². The Balaban J connectivity index is 2.11. The van der Waals surface area contributed by atoms with Gasteiger partial charge in [0.05, 0.1) is 13.7 Å². The SMILES string of the molecule is COC(=O)[C@@H]1CC[C@@H](OC(C)=O)CN1C(=O)Oc1ccccc1. The van der Waals surface area contributed by atoms with Gasteiger partial charge in [-0.1, -0.05) is 18.2 Å². The molecule has 0 saturated carbocycles. The first-order chi connectivity index (χ1) is 11.0. The molecule has 23 heavy (non-hydrogen) atoms. The molecule has 2 rings (SSSR count). The van der Waals surface area contributed by atoms with Crippen LogP contribution in [0, 0.1) is 0 Å². The minimum absolute atomic E-state index is 0.0883. The van der Waals surface area contributed by atoms with Crippen molar-refractivity contribution in [2.45, 2.75) is 31.9 Å². The molecule has 0 radical (unpaired) electrons. The highest BCUT2D eigenvalue weighted by Gasteiger charge is 2.38. The number of hydrogen-bond donors (Lipinski definition) is 0. The number of likely N-dealkylation sites (tertiary alicyclic amines) is 1. The first kappa shape index (κ1) is 16.8. The second-order valence-electron chi connectivity index (χ2n) is 5.18. The van der Waals surface area contributed by atoms with Gasteiger partial charge in [0.1, 0.15) is 17.9 Å². The van der Waals surface area contributed by atoms with Crippen molar-refractivity contribution in [1.82, 2.24) is 4.90 Å². The Morgan fingerprint density at radius 1 is 1.13 bits per heavy atom. The van der Waals surface area contributed by atoms with E-state index in [0.29, 0.717) is 18.6 Å². The third-order valence-corrected chi connectivity index (χ3v) is 3.53. The Morgan fingerprint density at radius 3 is 2.43 bits per heavy atom. The minimum Gasteiger partial charge on any atom is -0.467 e. The van der Waals surface area contributed by atoms with Crippen LogP contribution < -0.4 is 4.74 Å². The molecule has 1 aromatic carbocycles. The van der Waals surface area contributed by atoms with E-state index in [2.05, 4.69) is 0 Å². The van der Waals surface area contributed by atoms with Gasteiger partial charge in [-0.05, 0) is 25.0 Å². The summed E-state index contributed by atoms with van der Waals surface area (Å²) in [4.78, 5) is 36.6. The van der Waals surface area contributed by atoms with Crippen molar-refractivity contribution in [3.05, 3.63) is 30.3 Å². The Morgan fingerprint density at radius 2 is 1.83 bits per heavy atom. The van der Waals surface area contributed by atoms with Crippen LogP contribution in [0.25, 0.3) is 0 Å². The Bertz CT molecular complexity index is 573. The number of para-hydroxylation sites is 1. The third kappa shape index (κ3) is 4.45. The molecule has 1 aliphatic rings. The quantitative estimate of drug-likeness (QED) is 0.789. The lowest BCUT2D eigenvalue weighted by Crippen LogP contribution is -2.54. The van der Waals surface area contributed by atoms with Crippen LogP contribution in [0.1, 0.15) is 19.8 Å². The van der Waals surface area contributed by atoms with E-state index in [0.717, 1.165) is 0 Å². The molecule has 1 amide bonds. The summed E-state index contributed by atoms with van der Waals surface area (Å²) in [6, 6.07) is 7.79. The van der Waals surface area contributed by atoms with Gasteiger partial charge >= 0.3 is 18.0 Å². The number of benzene rings is 1. The van der Waals surface area contributed by atoms with E-state index in [1.807, 2.05) is 0 Å². The van der Waals surface area contributed by atoms with Gasteiger partial charge in [-0.15, -0.1) is 0 Å². The zero-order valence-corrected chi connectivity index (χ0v) is 13.1. The topological polar surface area (TPSA) is 82.1 Å². The number of hydrogen-bond acceptors (Lipinski definition) is 6. The average molecular weight is 321 g/mol. The second kappa shape index (κ2) is 7.62. The van der Waals surface area contributed by atoms with Crippen LogP contribution in [-0.2, 0) is 19.1 Å². The maximum absolute atomic E-state index is 12.4. The lowest BCUT2D eigenvalue weighted by atomic mass is 10.0. The number of piperidine rings is 1. The molecule has 1 heterocycles. The van der Waals surface area contributed by atoms with E-state index in [4.69, 9.17) is 14.2 Å². The van der Waals surface area contributed by atoms with Crippen LogP contribution in [0.3, 0.4) is 0 Å². The number of methoxy groups -OCH3 is 1. The minimum atomic E-state index is -0.747. The first-order valence-corrected chi connectivity index (χ1v) is 7.29. The molecule has 7 nitrogen and oxygen atoms in total. The largest absolute Gasteiger partial charge is 0.467 e. The Labute approximate surface area is 134 Å². The van der Waals surface area contributed by atoms with Gasteiger partial charge in [0.2, 0.25) is 0 Å². The number of carbonyl (C=O) groups is 3. The average Bonchev–Trinajstić information content (AvgIpc) is 2.54. The fraction of sp³-hybridized carbons (Fsp3) is 0.438. The van der Waals surface area contributed by atoms with Crippen LogP contribution in [0.5, 0.6) is 5.75 Å². The molecule has 0 spiro atoms. The summed E-state index contributed by atoms with van der Waals surface area (Å²) in [5, 5.41) is 0. The van der Waals surface area contributed by atoms with E-state index in [-0.39, 0.29) is 6.54 Å². The number of ether oxygens (including phenoxy) is 3. The maximum Gasteiger partial charge on any atom is 0.416 e. The monoisotopic (exact) mass is 321 g/mol. The van der Waals surface area contributed by atoms with E-state index >= 15 is 0 Å². The summed E-state index contributed by atoms with van der Waals surface area (Å²) < 4.78 is 15.2. The first-order valence-electron chi connectivity index (χ1n) is 7.29. The van der Waals surface area contributed by atoms with E-state index < -0.39 is 30.2 Å². The van der Waals surface area contributed by atoms with Gasteiger partial charge in [0.15, 0.2) is 0 Å². The van der Waals surface area contributed by atoms with Gasteiger partial charge in [0.25, 0.3) is 0 Å². The molecular weight excluding hydrogens is 302 g/mol. The van der Waals surface area contributed by atoms with Crippen molar-refractivity contribution in [3.63, 3.8) is 0 Å².